The molecular weight excluding hydrogens is 504 g/mol. The topological polar surface area (TPSA) is 72.8 Å². The van der Waals surface area contributed by atoms with E-state index in [0.29, 0.717) is 11.1 Å². The van der Waals surface area contributed by atoms with Crippen LogP contribution in [0.3, 0.4) is 0 Å². The lowest BCUT2D eigenvalue weighted by atomic mass is 10.0. The maximum atomic E-state index is 13.8. The van der Waals surface area contributed by atoms with Crippen molar-refractivity contribution in [2.45, 2.75) is 38.0 Å². The summed E-state index contributed by atoms with van der Waals surface area (Å²) in [7, 11) is -3.02. The van der Waals surface area contributed by atoms with Gasteiger partial charge in [0.25, 0.3) is 8.32 Å². The molecule has 200 valence electrons. The number of hydrogen-bond donors (Lipinski definition) is 1. The number of carbonyl (C=O) groups excluding carboxylic acids is 2. The average Bonchev–Trinajstić information content (AvgIpc) is 2.97. The molecule has 0 saturated carbocycles. The minimum absolute atomic E-state index is 0.295. The maximum Gasteiger partial charge on any atom is 0.338 e. The van der Waals surface area contributed by atoms with E-state index in [1.165, 1.54) is 0 Å². The van der Waals surface area contributed by atoms with Gasteiger partial charge in [0, 0.05) is 0 Å². The van der Waals surface area contributed by atoms with Gasteiger partial charge in [-0.05, 0) is 33.1 Å². The maximum absolute atomic E-state index is 13.8. The summed E-state index contributed by atoms with van der Waals surface area (Å²) < 4.78 is 12.4. The number of Topliss-reactive ketones (excluding diaryl/α,β-unsaturated/α-hetero) is 1. The Morgan fingerprint density at radius 1 is 0.718 bits per heavy atom. The van der Waals surface area contributed by atoms with Gasteiger partial charge in [-0.25, -0.2) is 4.79 Å². The van der Waals surface area contributed by atoms with Crippen LogP contribution < -0.4 is 10.4 Å². The lowest BCUT2D eigenvalue weighted by Crippen LogP contribution is -2.67. The molecule has 4 aromatic carbocycles. The van der Waals surface area contributed by atoms with Gasteiger partial charge >= 0.3 is 5.97 Å². The Morgan fingerprint density at radius 2 is 1.15 bits per heavy atom. The zero-order valence-electron chi connectivity index (χ0n) is 22.5. The first-order valence-electron chi connectivity index (χ1n) is 13.0. The second kappa shape index (κ2) is 12.3. The number of esters is 1. The van der Waals surface area contributed by atoms with E-state index in [2.05, 4.69) is 20.8 Å². The van der Waals surface area contributed by atoms with Crippen LogP contribution in [0.4, 0.5) is 0 Å². The Kier molecular flexibility index (Phi) is 8.92. The fourth-order valence-corrected chi connectivity index (χ4v) is 9.43. The molecule has 0 spiro atoms. The van der Waals surface area contributed by atoms with Crippen LogP contribution in [-0.2, 0) is 14.0 Å². The van der Waals surface area contributed by atoms with E-state index in [0.717, 1.165) is 10.4 Å². The number of benzene rings is 4. The zero-order valence-corrected chi connectivity index (χ0v) is 23.5. The number of carbonyl (C=O) groups is 2. The molecule has 0 radical (unpaired) electrons. The van der Waals surface area contributed by atoms with Crippen LogP contribution in [0.2, 0.25) is 5.04 Å². The van der Waals surface area contributed by atoms with Crippen molar-refractivity contribution in [3.8, 4) is 0 Å². The Bertz CT molecular complexity index is 1310. The van der Waals surface area contributed by atoms with Gasteiger partial charge in [0.1, 0.15) is 6.10 Å². The van der Waals surface area contributed by atoms with E-state index in [1.54, 1.807) is 54.6 Å². The minimum Gasteiger partial charge on any atom is -0.447 e. The SMILES string of the molecule is CC(C)(C)[Si](OCC(=O)[C@H](OC(=O)c1ccccc1)[C@@H](O)c1ccccc1)(c1ccccc1)c1ccccc1. The molecular formula is C33H34O5Si. The molecule has 6 heteroatoms. The van der Waals surface area contributed by atoms with Crippen LogP contribution in [0, 0.1) is 0 Å². The van der Waals surface area contributed by atoms with E-state index < -0.39 is 32.3 Å². The predicted octanol–water partition coefficient (Wildman–Crippen LogP) is 5.09. The van der Waals surface area contributed by atoms with Crippen molar-refractivity contribution in [3.05, 3.63) is 132 Å². The molecule has 5 nitrogen and oxygen atoms in total. The van der Waals surface area contributed by atoms with E-state index in [-0.39, 0.29) is 11.6 Å². The van der Waals surface area contributed by atoms with E-state index >= 15 is 0 Å². The molecule has 0 aromatic heterocycles. The predicted molar refractivity (Wildman–Crippen MR) is 156 cm³/mol. The van der Waals surface area contributed by atoms with Gasteiger partial charge in [0.2, 0.25) is 5.78 Å². The summed E-state index contributed by atoms with van der Waals surface area (Å²) in [5, 5.41) is 12.9. The Hall–Kier alpha value is -3.84. The van der Waals surface area contributed by atoms with Gasteiger partial charge in [-0.3, -0.25) is 4.79 Å². The highest BCUT2D eigenvalue weighted by atomic mass is 28.4. The van der Waals surface area contributed by atoms with Gasteiger partial charge in [0.05, 0.1) is 12.2 Å². The van der Waals surface area contributed by atoms with Crippen molar-refractivity contribution in [1.29, 1.82) is 0 Å². The number of hydrogen-bond acceptors (Lipinski definition) is 5. The summed E-state index contributed by atoms with van der Waals surface area (Å²) in [6.45, 7) is 6.03. The van der Waals surface area contributed by atoms with Crippen molar-refractivity contribution in [2.75, 3.05) is 6.61 Å². The smallest absolute Gasteiger partial charge is 0.338 e. The molecule has 0 saturated heterocycles. The highest BCUT2D eigenvalue weighted by molar-refractivity contribution is 6.99. The number of aliphatic hydroxyl groups excluding tert-OH is 1. The normalized spacial score (nSPS) is 13.3. The van der Waals surface area contributed by atoms with Crippen molar-refractivity contribution < 1.29 is 23.9 Å². The molecule has 4 rings (SSSR count). The first-order valence-corrected chi connectivity index (χ1v) is 14.9. The summed E-state index contributed by atoms with van der Waals surface area (Å²) in [6.07, 6.45) is -2.80. The highest BCUT2D eigenvalue weighted by Crippen LogP contribution is 2.37. The van der Waals surface area contributed by atoms with E-state index in [1.807, 2.05) is 66.7 Å². The monoisotopic (exact) mass is 538 g/mol. The van der Waals surface area contributed by atoms with Crippen LogP contribution in [0.5, 0.6) is 0 Å². The van der Waals surface area contributed by atoms with Crippen LogP contribution in [0.1, 0.15) is 42.8 Å². The third-order valence-corrected chi connectivity index (χ3v) is 11.8. The summed E-state index contributed by atoms with van der Waals surface area (Å²) in [6, 6.07) is 37.1. The summed E-state index contributed by atoms with van der Waals surface area (Å²) >= 11 is 0. The molecule has 0 aliphatic rings. The highest BCUT2D eigenvalue weighted by Gasteiger charge is 2.51. The minimum atomic E-state index is -3.02. The second-order valence-corrected chi connectivity index (χ2v) is 14.8. The number of ether oxygens (including phenoxy) is 1. The first kappa shape index (κ1) is 28.2. The van der Waals surface area contributed by atoms with Crippen molar-refractivity contribution >= 4 is 30.4 Å². The molecule has 39 heavy (non-hydrogen) atoms. The van der Waals surface area contributed by atoms with E-state index in [9.17, 15) is 14.7 Å². The summed E-state index contributed by atoms with van der Waals surface area (Å²) in [5.41, 5.74) is 0.769. The molecule has 0 amide bonds. The molecule has 2 atom stereocenters. The third-order valence-electron chi connectivity index (χ3n) is 6.84. The first-order chi connectivity index (χ1) is 18.7. The van der Waals surface area contributed by atoms with Gasteiger partial charge in [0.15, 0.2) is 6.10 Å². The van der Waals surface area contributed by atoms with Crippen molar-refractivity contribution in [3.63, 3.8) is 0 Å². The van der Waals surface area contributed by atoms with Gasteiger partial charge in [-0.15, -0.1) is 0 Å². The fraction of sp³-hybridized carbons (Fsp3) is 0.212. The van der Waals surface area contributed by atoms with Gasteiger partial charge < -0.3 is 14.3 Å². The molecule has 0 aliphatic carbocycles. The standard InChI is InChI=1S/C33H34O5Si/c1-33(2,3)39(27-20-12-6-13-21-27,28-22-14-7-15-23-28)37-24-29(34)31(30(35)25-16-8-4-9-17-25)38-32(36)26-18-10-5-11-19-26/h4-23,30-31,35H,24H2,1-3H3/t30-,31-/m0/s1. The van der Waals surface area contributed by atoms with Gasteiger partial charge in [-0.1, -0.05) is 130 Å². The van der Waals surface area contributed by atoms with Crippen LogP contribution in [-0.4, -0.2) is 37.9 Å². The second-order valence-electron chi connectivity index (χ2n) is 10.5. The quantitative estimate of drug-likeness (QED) is 0.225. The average molecular weight is 539 g/mol. The number of aliphatic hydroxyl groups is 1. The molecule has 0 bridgehead atoms. The fourth-order valence-electron chi connectivity index (χ4n) is 4.91. The third kappa shape index (κ3) is 6.25. The lowest BCUT2D eigenvalue weighted by molar-refractivity contribution is -0.136. The van der Waals surface area contributed by atoms with Crippen molar-refractivity contribution in [1.82, 2.24) is 0 Å². The lowest BCUT2D eigenvalue weighted by Gasteiger charge is -2.43. The Balaban J connectivity index is 1.70. The molecule has 0 unspecified atom stereocenters. The molecule has 0 fully saturated rings. The summed E-state index contributed by atoms with van der Waals surface area (Å²) in [4.78, 5) is 26.8. The summed E-state index contributed by atoms with van der Waals surface area (Å²) in [5.74, 6) is -1.20. The molecule has 0 aliphatic heterocycles. The number of ketones is 1. The molecule has 0 heterocycles. The molecule has 4 aromatic rings. The molecule has 1 N–H and O–H groups in total. The van der Waals surface area contributed by atoms with Gasteiger partial charge in [-0.2, -0.15) is 0 Å². The van der Waals surface area contributed by atoms with Crippen LogP contribution >= 0.6 is 0 Å². The Morgan fingerprint density at radius 3 is 1.62 bits per heavy atom. The zero-order chi connectivity index (χ0) is 27.9. The van der Waals surface area contributed by atoms with E-state index in [4.69, 9.17) is 9.16 Å². The largest absolute Gasteiger partial charge is 0.447 e. The van der Waals surface area contributed by atoms with Crippen LogP contribution in [0.25, 0.3) is 0 Å². The van der Waals surface area contributed by atoms with Crippen LogP contribution in [0.15, 0.2) is 121 Å². The Labute approximate surface area is 231 Å². The number of rotatable bonds is 10. The van der Waals surface area contributed by atoms with Crippen molar-refractivity contribution in [2.24, 2.45) is 0 Å².